The normalized spacial score (nSPS) is 14.0. The first-order valence-corrected chi connectivity index (χ1v) is 12.5. The van der Waals surface area contributed by atoms with Gasteiger partial charge in [-0.15, -0.1) is 0 Å². The van der Waals surface area contributed by atoms with E-state index in [1.54, 1.807) is 0 Å². The topological polar surface area (TPSA) is 41.6 Å². The molecule has 0 aliphatic carbocycles. The second-order valence-electron chi connectivity index (χ2n) is 7.31. The largest absolute Gasteiger partial charge is 0.378 e. The maximum absolute atomic E-state index is 14.5. The predicted molar refractivity (Wildman–Crippen MR) is 131 cm³/mol. The van der Waals surface area contributed by atoms with Crippen molar-refractivity contribution < 1.29 is 9.09 Å². The van der Waals surface area contributed by atoms with Crippen molar-refractivity contribution in [1.82, 2.24) is 0 Å². The zero-order valence-corrected chi connectivity index (χ0v) is 20.1. The van der Waals surface area contributed by atoms with Crippen molar-refractivity contribution >= 4 is 40.0 Å². The molecule has 3 aromatic rings. The minimum absolute atomic E-state index is 0.427. The molecule has 0 aliphatic heterocycles. The standard InChI is InChI=1S/C24H28BrN2O2P/c1-4-18-29-30(28,23-16-14-22(15-17-23)27(2)3)24(19-10-12-20(25)13-11-19)26-21-8-6-5-7-9-21/h5-17,24,26H,4,18H2,1-3H3/t24-,30+/m1/s1. The van der Waals surface area contributed by atoms with Crippen LogP contribution in [-0.2, 0) is 9.09 Å². The van der Waals surface area contributed by atoms with Crippen LogP contribution in [0.1, 0.15) is 24.7 Å². The van der Waals surface area contributed by atoms with Gasteiger partial charge in [0.2, 0.25) is 0 Å². The second-order valence-corrected chi connectivity index (χ2v) is 10.7. The van der Waals surface area contributed by atoms with Gasteiger partial charge in [-0.3, -0.25) is 4.57 Å². The van der Waals surface area contributed by atoms with E-state index in [2.05, 4.69) is 21.2 Å². The van der Waals surface area contributed by atoms with Crippen molar-refractivity contribution in [3.8, 4) is 0 Å². The van der Waals surface area contributed by atoms with Gasteiger partial charge < -0.3 is 14.7 Å². The van der Waals surface area contributed by atoms with Crippen molar-refractivity contribution in [2.45, 2.75) is 19.1 Å². The Balaban J connectivity index is 2.10. The van der Waals surface area contributed by atoms with Crippen LogP contribution in [0, 0.1) is 0 Å². The summed E-state index contributed by atoms with van der Waals surface area (Å²) >= 11 is 3.49. The number of nitrogens with one attached hydrogen (secondary N) is 1. The number of hydrogen-bond donors (Lipinski definition) is 1. The fraction of sp³-hybridized carbons (Fsp3) is 0.250. The molecule has 0 bridgehead atoms. The Morgan fingerprint density at radius 2 is 1.60 bits per heavy atom. The fourth-order valence-electron chi connectivity index (χ4n) is 3.19. The lowest BCUT2D eigenvalue weighted by Crippen LogP contribution is -2.21. The summed E-state index contributed by atoms with van der Waals surface area (Å²) < 4.78 is 21.7. The highest BCUT2D eigenvalue weighted by Gasteiger charge is 2.37. The molecule has 3 aromatic carbocycles. The van der Waals surface area contributed by atoms with Crippen LogP contribution < -0.4 is 15.5 Å². The highest BCUT2D eigenvalue weighted by molar-refractivity contribution is 9.10. The van der Waals surface area contributed by atoms with Crippen LogP contribution in [0.25, 0.3) is 0 Å². The zero-order chi connectivity index (χ0) is 21.6. The number of para-hydroxylation sites is 1. The minimum Gasteiger partial charge on any atom is -0.378 e. The first kappa shape index (κ1) is 22.6. The van der Waals surface area contributed by atoms with Gasteiger partial charge in [0.25, 0.3) is 7.37 Å². The van der Waals surface area contributed by atoms with Gasteiger partial charge in [0, 0.05) is 35.2 Å². The van der Waals surface area contributed by atoms with Crippen LogP contribution in [0.5, 0.6) is 0 Å². The Morgan fingerprint density at radius 3 is 2.17 bits per heavy atom. The maximum Gasteiger partial charge on any atom is 0.258 e. The van der Waals surface area contributed by atoms with E-state index in [4.69, 9.17) is 4.52 Å². The highest BCUT2D eigenvalue weighted by atomic mass is 79.9. The third-order valence-corrected chi connectivity index (χ3v) is 8.04. The van der Waals surface area contributed by atoms with E-state index in [0.717, 1.165) is 27.8 Å². The van der Waals surface area contributed by atoms with Crippen LogP contribution in [0.2, 0.25) is 0 Å². The molecule has 3 rings (SSSR count). The van der Waals surface area contributed by atoms with Gasteiger partial charge in [-0.05, 0) is 60.5 Å². The molecule has 0 unspecified atom stereocenters. The van der Waals surface area contributed by atoms with Gasteiger partial charge in [0.1, 0.15) is 5.78 Å². The van der Waals surface area contributed by atoms with Crippen molar-refractivity contribution in [1.29, 1.82) is 0 Å². The summed E-state index contributed by atoms with van der Waals surface area (Å²) in [4.78, 5) is 2.02. The molecule has 0 aliphatic rings. The van der Waals surface area contributed by atoms with Gasteiger partial charge in [0.15, 0.2) is 0 Å². The Labute approximate surface area is 187 Å². The third kappa shape index (κ3) is 5.34. The Bertz CT molecular complexity index is 976. The summed E-state index contributed by atoms with van der Waals surface area (Å²) in [5.41, 5.74) is 2.87. The number of benzene rings is 3. The van der Waals surface area contributed by atoms with Crippen molar-refractivity contribution in [3.05, 3.63) is 88.9 Å². The number of hydrogen-bond acceptors (Lipinski definition) is 4. The Morgan fingerprint density at radius 1 is 0.967 bits per heavy atom. The first-order chi connectivity index (χ1) is 14.4. The molecule has 0 saturated carbocycles. The van der Waals surface area contributed by atoms with E-state index in [1.165, 1.54) is 0 Å². The smallest absolute Gasteiger partial charge is 0.258 e. The summed E-state index contributed by atoms with van der Waals surface area (Å²) in [7, 11) is 0.684. The van der Waals surface area contributed by atoms with Crippen LogP contribution >= 0.6 is 23.3 Å². The Kier molecular flexibility index (Phi) is 7.76. The number of anilines is 2. The Hall–Kier alpha value is -2.07. The lowest BCUT2D eigenvalue weighted by molar-refractivity contribution is 0.315. The van der Waals surface area contributed by atoms with Crippen LogP contribution in [0.15, 0.2) is 83.3 Å². The molecule has 0 fully saturated rings. The molecule has 0 radical (unpaired) electrons. The van der Waals surface area contributed by atoms with Crippen molar-refractivity contribution in [3.63, 3.8) is 0 Å². The average Bonchev–Trinajstić information content (AvgIpc) is 2.77. The molecular formula is C24H28BrN2O2P. The van der Waals surface area contributed by atoms with Gasteiger partial charge in [-0.2, -0.15) is 0 Å². The van der Waals surface area contributed by atoms with Crippen LogP contribution in [0.4, 0.5) is 11.4 Å². The van der Waals surface area contributed by atoms with Crippen molar-refractivity contribution in [2.75, 3.05) is 30.9 Å². The monoisotopic (exact) mass is 486 g/mol. The predicted octanol–water partition coefficient (Wildman–Crippen LogP) is 6.66. The van der Waals surface area contributed by atoms with E-state index < -0.39 is 13.2 Å². The number of rotatable bonds is 9. The van der Waals surface area contributed by atoms with Gasteiger partial charge in [-0.1, -0.05) is 53.2 Å². The summed E-state index contributed by atoms with van der Waals surface area (Å²) in [6.45, 7) is 2.45. The quantitative estimate of drug-likeness (QED) is 0.343. The van der Waals surface area contributed by atoms with Gasteiger partial charge in [0.05, 0.1) is 6.61 Å². The molecule has 0 spiro atoms. The average molecular weight is 487 g/mol. The third-order valence-electron chi connectivity index (χ3n) is 4.82. The lowest BCUT2D eigenvalue weighted by Gasteiger charge is -2.30. The summed E-state index contributed by atoms with van der Waals surface area (Å²) in [6, 6.07) is 25.6. The summed E-state index contributed by atoms with van der Waals surface area (Å²) in [5, 5.41) is 4.19. The van der Waals surface area contributed by atoms with E-state index in [-0.39, 0.29) is 0 Å². The molecule has 0 saturated heterocycles. The van der Waals surface area contributed by atoms with Crippen LogP contribution in [0.3, 0.4) is 0 Å². The lowest BCUT2D eigenvalue weighted by atomic mass is 10.2. The van der Waals surface area contributed by atoms with E-state index in [9.17, 15) is 4.57 Å². The number of nitrogens with zero attached hydrogens (tertiary/aromatic N) is 1. The first-order valence-electron chi connectivity index (χ1n) is 10.0. The molecule has 1 N–H and O–H groups in total. The zero-order valence-electron chi connectivity index (χ0n) is 17.6. The maximum atomic E-state index is 14.5. The fourth-order valence-corrected chi connectivity index (χ4v) is 5.95. The molecule has 2 atom stereocenters. The van der Waals surface area contributed by atoms with E-state index in [1.807, 2.05) is 105 Å². The molecule has 158 valence electrons. The SMILES string of the molecule is CCCO[P@@](=O)(c1ccc(N(C)C)cc1)[C@@H](Nc1ccccc1)c1ccc(Br)cc1. The van der Waals surface area contributed by atoms with Gasteiger partial charge in [-0.25, -0.2) is 0 Å². The van der Waals surface area contributed by atoms with Gasteiger partial charge >= 0.3 is 0 Å². The summed E-state index contributed by atoms with van der Waals surface area (Å²) in [6.07, 6.45) is 0.790. The van der Waals surface area contributed by atoms with E-state index >= 15 is 0 Å². The molecular weight excluding hydrogens is 459 g/mol. The molecule has 4 nitrogen and oxygen atoms in total. The summed E-state index contributed by atoms with van der Waals surface area (Å²) in [5.74, 6) is -0.509. The number of halogens is 1. The molecule has 0 amide bonds. The molecule has 0 heterocycles. The van der Waals surface area contributed by atoms with Crippen LogP contribution in [-0.4, -0.2) is 20.7 Å². The van der Waals surface area contributed by atoms with E-state index in [0.29, 0.717) is 11.9 Å². The van der Waals surface area contributed by atoms with Crippen molar-refractivity contribution in [2.24, 2.45) is 0 Å². The minimum atomic E-state index is -3.30. The molecule has 0 aromatic heterocycles. The molecule has 30 heavy (non-hydrogen) atoms. The highest BCUT2D eigenvalue weighted by Crippen LogP contribution is 2.59. The second kappa shape index (κ2) is 10.3. The molecule has 6 heteroatoms.